The zero-order chi connectivity index (χ0) is 23.3. The number of rotatable bonds is 13. The highest BCUT2D eigenvalue weighted by Crippen LogP contribution is 2.34. The molecule has 4 nitrogen and oxygen atoms in total. The molecule has 6 heteroatoms. The highest BCUT2D eigenvalue weighted by Gasteiger charge is 2.37. The average molecular weight is 477 g/mol. The number of hydrogen-bond acceptors (Lipinski definition) is 5. The predicted octanol–water partition coefficient (Wildman–Crippen LogP) is 7.87. The van der Waals surface area contributed by atoms with Crippen molar-refractivity contribution < 1.29 is 9.59 Å². The third kappa shape index (κ3) is 7.73. The van der Waals surface area contributed by atoms with Crippen molar-refractivity contribution >= 4 is 45.7 Å². The second-order valence-electron chi connectivity index (χ2n) is 8.61. The molecule has 1 amide bonds. The van der Waals surface area contributed by atoms with Gasteiger partial charge in [0, 0.05) is 24.2 Å². The fourth-order valence-electron chi connectivity index (χ4n) is 3.94. The summed E-state index contributed by atoms with van der Waals surface area (Å²) in [6.07, 6.45) is 9.87. The Bertz CT molecular complexity index is 801. The summed E-state index contributed by atoms with van der Waals surface area (Å²) in [7, 11) is 0. The van der Waals surface area contributed by atoms with Crippen molar-refractivity contribution in [2.45, 2.75) is 79.1 Å². The number of ketones is 1. The van der Waals surface area contributed by atoms with Gasteiger partial charge in [-0.3, -0.25) is 9.59 Å². The maximum absolute atomic E-state index is 11.9. The molecule has 32 heavy (non-hydrogen) atoms. The van der Waals surface area contributed by atoms with E-state index in [2.05, 4.69) is 49.8 Å². The van der Waals surface area contributed by atoms with Crippen LogP contribution in [0.1, 0.15) is 88.7 Å². The Hall–Kier alpha value is -1.66. The summed E-state index contributed by atoms with van der Waals surface area (Å²) in [6, 6.07) is 4.03. The van der Waals surface area contributed by atoms with E-state index in [1.54, 1.807) is 16.2 Å². The fourth-order valence-corrected chi connectivity index (χ4v) is 5.38. The van der Waals surface area contributed by atoms with Crippen molar-refractivity contribution in [1.82, 2.24) is 0 Å². The van der Waals surface area contributed by atoms with Crippen LogP contribution in [0, 0.1) is 11.8 Å². The van der Waals surface area contributed by atoms with E-state index in [1.165, 1.54) is 55.5 Å². The van der Waals surface area contributed by atoms with Crippen molar-refractivity contribution in [2.75, 3.05) is 23.3 Å². The van der Waals surface area contributed by atoms with E-state index in [4.69, 9.17) is 0 Å². The van der Waals surface area contributed by atoms with Gasteiger partial charge in [0.15, 0.2) is 0 Å². The Morgan fingerprint density at radius 3 is 2.22 bits per heavy atom. The molecular weight excluding hydrogens is 436 g/mol. The summed E-state index contributed by atoms with van der Waals surface area (Å²) >= 11 is 3.12. The smallest absolute Gasteiger partial charge is 0.300 e. The number of thiophene rings is 2. The molecule has 1 N–H and O–H groups in total. The van der Waals surface area contributed by atoms with Gasteiger partial charge in [0.2, 0.25) is 0 Å². The number of carbonyl (C=O) groups is 2. The van der Waals surface area contributed by atoms with Gasteiger partial charge in [-0.1, -0.05) is 66.2 Å². The summed E-state index contributed by atoms with van der Waals surface area (Å²) < 4.78 is 0. The van der Waals surface area contributed by atoms with E-state index in [0.717, 1.165) is 31.0 Å². The number of hydrogen-bond donors (Lipinski definition) is 1. The van der Waals surface area contributed by atoms with Gasteiger partial charge in [-0.2, -0.15) is 11.3 Å². The molecule has 0 aromatic carbocycles. The second kappa shape index (κ2) is 14.5. The third-order valence-electron chi connectivity index (χ3n) is 6.22. The van der Waals surface area contributed by atoms with Crippen molar-refractivity contribution in [3.8, 4) is 0 Å². The lowest BCUT2D eigenvalue weighted by atomic mass is 9.99. The predicted molar refractivity (Wildman–Crippen MR) is 140 cm³/mol. The molecule has 0 bridgehead atoms. The normalized spacial score (nSPS) is 14.7. The zero-order valence-electron chi connectivity index (χ0n) is 20.2. The molecule has 0 saturated heterocycles. The van der Waals surface area contributed by atoms with Crippen LogP contribution in [0.5, 0.6) is 0 Å². The SMILES string of the molecule is CCCCC(CC)CN1C(=O)C(=O)c2sccc21.CCCCC(CC)CNc1ccsc1. The first kappa shape index (κ1) is 26.6. The monoisotopic (exact) mass is 476 g/mol. The lowest BCUT2D eigenvalue weighted by Crippen LogP contribution is -2.34. The van der Waals surface area contributed by atoms with Gasteiger partial charge in [0.25, 0.3) is 11.7 Å². The van der Waals surface area contributed by atoms with Crippen LogP contribution in [0.2, 0.25) is 0 Å². The number of fused-ring (bicyclic) bond motifs is 1. The van der Waals surface area contributed by atoms with E-state index in [0.29, 0.717) is 17.3 Å². The largest absolute Gasteiger partial charge is 0.384 e. The van der Waals surface area contributed by atoms with Crippen molar-refractivity contribution in [1.29, 1.82) is 0 Å². The molecule has 0 spiro atoms. The van der Waals surface area contributed by atoms with Gasteiger partial charge in [-0.25, -0.2) is 0 Å². The van der Waals surface area contributed by atoms with Gasteiger partial charge in [0.1, 0.15) is 4.88 Å². The average Bonchev–Trinajstić information content (AvgIpc) is 3.55. The maximum atomic E-state index is 11.9. The molecule has 0 aliphatic carbocycles. The van der Waals surface area contributed by atoms with Crippen LogP contribution in [-0.4, -0.2) is 24.8 Å². The topological polar surface area (TPSA) is 49.4 Å². The fraction of sp³-hybridized carbons (Fsp3) is 0.615. The van der Waals surface area contributed by atoms with E-state index < -0.39 is 0 Å². The van der Waals surface area contributed by atoms with Gasteiger partial charge < -0.3 is 10.2 Å². The molecule has 2 aromatic heterocycles. The van der Waals surface area contributed by atoms with Crippen LogP contribution in [0.25, 0.3) is 0 Å². The number of carbonyl (C=O) groups excluding carboxylic acids is 2. The molecule has 0 fully saturated rings. The number of nitrogens with one attached hydrogen (secondary N) is 1. The van der Waals surface area contributed by atoms with Crippen LogP contribution in [0.3, 0.4) is 0 Å². The minimum absolute atomic E-state index is 0.328. The minimum atomic E-state index is -0.341. The van der Waals surface area contributed by atoms with Gasteiger partial charge in [0.05, 0.1) is 5.69 Å². The molecule has 0 radical (unpaired) electrons. The zero-order valence-corrected chi connectivity index (χ0v) is 21.8. The Morgan fingerprint density at radius 1 is 0.938 bits per heavy atom. The van der Waals surface area contributed by atoms with Crippen LogP contribution in [-0.2, 0) is 4.79 Å². The van der Waals surface area contributed by atoms with Crippen LogP contribution >= 0.6 is 22.7 Å². The maximum Gasteiger partial charge on any atom is 0.300 e. The molecule has 1 aliphatic rings. The van der Waals surface area contributed by atoms with Gasteiger partial charge in [-0.05, 0) is 47.6 Å². The first-order valence-corrected chi connectivity index (χ1v) is 14.1. The highest BCUT2D eigenvalue weighted by atomic mass is 32.1. The Balaban J connectivity index is 0.000000235. The lowest BCUT2D eigenvalue weighted by Gasteiger charge is -2.22. The number of amides is 1. The van der Waals surface area contributed by atoms with E-state index in [9.17, 15) is 9.59 Å². The molecular formula is C26H40N2O2S2. The van der Waals surface area contributed by atoms with Crippen molar-refractivity contribution in [3.05, 3.63) is 33.2 Å². The summed E-state index contributed by atoms with van der Waals surface area (Å²) in [6.45, 7) is 10.7. The molecule has 0 saturated carbocycles. The number of nitrogens with zero attached hydrogens (tertiary/aromatic N) is 1. The molecule has 3 heterocycles. The van der Waals surface area contributed by atoms with Gasteiger partial charge in [-0.15, -0.1) is 11.3 Å². The van der Waals surface area contributed by atoms with E-state index in [-0.39, 0.29) is 11.7 Å². The standard InChI is InChI=1S/C14H19NO2S.C12H21NS/c1-3-5-6-10(4-2)9-15-11-7-8-18-13(11)12(16)14(15)17;1-3-5-6-11(4-2)9-13-12-7-8-14-10-12/h7-8,10H,3-6,9H2,1-2H3;7-8,10-11,13H,3-6,9H2,1-2H3. The molecule has 2 unspecified atom stereocenters. The molecule has 1 aliphatic heterocycles. The van der Waals surface area contributed by atoms with Crippen molar-refractivity contribution in [3.63, 3.8) is 0 Å². The Morgan fingerprint density at radius 2 is 1.62 bits per heavy atom. The first-order chi connectivity index (χ1) is 15.5. The number of anilines is 2. The Labute approximate surface area is 202 Å². The number of Topliss-reactive ketones (excluding diaryl/α,β-unsaturated/α-hetero) is 1. The first-order valence-electron chi connectivity index (χ1n) is 12.2. The quantitative estimate of drug-likeness (QED) is 0.299. The van der Waals surface area contributed by atoms with Crippen LogP contribution in [0.15, 0.2) is 28.3 Å². The van der Waals surface area contributed by atoms with Crippen LogP contribution in [0.4, 0.5) is 11.4 Å². The minimum Gasteiger partial charge on any atom is -0.384 e. The Kier molecular flexibility index (Phi) is 12.0. The highest BCUT2D eigenvalue weighted by molar-refractivity contribution is 7.14. The third-order valence-corrected chi connectivity index (χ3v) is 7.81. The summed E-state index contributed by atoms with van der Waals surface area (Å²) in [4.78, 5) is 26.0. The van der Waals surface area contributed by atoms with E-state index >= 15 is 0 Å². The lowest BCUT2D eigenvalue weighted by molar-refractivity contribution is -0.114. The summed E-state index contributed by atoms with van der Waals surface area (Å²) in [5.74, 6) is 0.666. The summed E-state index contributed by atoms with van der Waals surface area (Å²) in [5.41, 5.74) is 2.11. The summed E-state index contributed by atoms with van der Waals surface area (Å²) in [5, 5.41) is 9.67. The van der Waals surface area contributed by atoms with Crippen molar-refractivity contribution in [2.24, 2.45) is 11.8 Å². The second-order valence-corrected chi connectivity index (χ2v) is 10.3. The molecule has 178 valence electrons. The van der Waals surface area contributed by atoms with E-state index in [1.807, 2.05) is 11.4 Å². The molecule has 2 aromatic rings. The van der Waals surface area contributed by atoms with Crippen LogP contribution < -0.4 is 10.2 Å². The number of unbranched alkanes of at least 4 members (excludes halogenated alkanes) is 2. The molecule has 3 rings (SSSR count). The molecule has 2 atom stereocenters. The van der Waals surface area contributed by atoms with Gasteiger partial charge >= 0.3 is 0 Å².